The molecule has 2 N–H and O–H groups in total. The Labute approximate surface area is 134 Å². The molecule has 3 nitrogen and oxygen atoms in total. The Bertz CT molecular complexity index is 647. The van der Waals surface area contributed by atoms with E-state index in [9.17, 15) is 13.6 Å². The fourth-order valence-electron chi connectivity index (χ4n) is 1.69. The molecule has 0 saturated heterocycles. The largest absolute Gasteiger partial charge is 0.374 e. The zero-order valence-electron chi connectivity index (χ0n) is 11.2. The summed E-state index contributed by atoms with van der Waals surface area (Å²) in [7, 11) is 0. The van der Waals surface area contributed by atoms with Gasteiger partial charge < -0.3 is 10.6 Å². The van der Waals surface area contributed by atoms with Gasteiger partial charge in [-0.1, -0.05) is 0 Å². The first-order valence-electron chi connectivity index (χ1n) is 6.24. The Morgan fingerprint density at radius 2 is 1.67 bits per heavy atom. The second kappa shape index (κ2) is 6.84. The summed E-state index contributed by atoms with van der Waals surface area (Å²) in [6.45, 7) is 1.69. The first-order chi connectivity index (χ1) is 9.95. The van der Waals surface area contributed by atoms with Crippen LogP contribution in [0.1, 0.15) is 6.92 Å². The number of hydrogen-bond donors (Lipinski definition) is 2. The fraction of sp³-hybridized carbons (Fsp3) is 0.133. The predicted molar refractivity (Wildman–Crippen MR) is 87.2 cm³/mol. The minimum atomic E-state index is -0.994. The summed E-state index contributed by atoms with van der Waals surface area (Å²) in [4.78, 5) is 12.0. The van der Waals surface area contributed by atoms with Gasteiger partial charge in [0.25, 0.3) is 0 Å². The number of carbonyl (C=O) groups excluding carboxylic acids is 1. The van der Waals surface area contributed by atoms with Gasteiger partial charge in [-0.05, 0) is 65.9 Å². The molecule has 0 saturated carbocycles. The third-order valence-electron chi connectivity index (χ3n) is 2.81. The normalized spacial score (nSPS) is 11.8. The first-order valence-corrected chi connectivity index (χ1v) is 7.31. The van der Waals surface area contributed by atoms with E-state index in [0.717, 1.165) is 21.4 Å². The van der Waals surface area contributed by atoms with E-state index in [1.165, 1.54) is 6.07 Å². The van der Waals surface area contributed by atoms with E-state index in [1.807, 2.05) is 24.3 Å². The van der Waals surface area contributed by atoms with Gasteiger partial charge in [0, 0.05) is 21.0 Å². The molecule has 0 aliphatic rings. The molecule has 0 radical (unpaired) electrons. The summed E-state index contributed by atoms with van der Waals surface area (Å²) in [5, 5.41) is 5.56. The van der Waals surface area contributed by atoms with Gasteiger partial charge in [-0.3, -0.25) is 4.79 Å². The molecule has 0 aliphatic carbocycles. The van der Waals surface area contributed by atoms with Gasteiger partial charge in [0.05, 0.1) is 0 Å². The van der Waals surface area contributed by atoms with Crippen molar-refractivity contribution in [2.75, 3.05) is 10.6 Å². The molecule has 1 amide bonds. The second-order valence-electron chi connectivity index (χ2n) is 4.49. The number of carbonyl (C=O) groups is 1. The topological polar surface area (TPSA) is 41.1 Å². The summed E-state index contributed by atoms with van der Waals surface area (Å²) in [6.07, 6.45) is 0. The average Bonchev–Trinajstić information content (AvgIpc) is 2.45. The number of benzene rings is 2. The summed E-state index contributed by atoms with van der Waals surface area (Å²) >= 11 is 2.19. The highest BCUT2D eigenvalue weighted by Gasteiger charge is 2.13. The average molecular weight is 402 g/mol. The quantitative estimate of drug-likeness (QED) is 0.760. The van der Waals surface area contributed by atoms with Gasteiger partial charge >= 0.3 is 0 Å². The summed E-state index contributed by atoms with van der Waals surface area (Å²) in [5.74, 6) is -2.27. The van der Waals surface area contributed by atoms with Crippen molar-refractivity contribution in [1.29, 1.82) is 0 Å². The van der Waals surface area contributed by atoms with Crippen LogP contribution >= 0.6 is 22.6 Å². The lowest BCUT2D eigenvalue weighted by Crippen LogP contribution is -2.31. The maximum Gasteiger partial charge on any atom is 0.246 e. The minimum absolute atomic E-state index is 0.218. The third-order valence-corrected chi connectivity index (χ3v) is 3.53. The van der Waals surface area contributed by atoms with Crippen LogP contribution in [0.2, 0.25) is 0 Å². The molecular weight excluding hydrogens is 389 g/mol. The molecule has 0 bridgehead atoms. The monoisotopic (exact) mass is 402 g/mol. The van der Waals surface area contributed by atoms with Crippen LogP contribution in [0.5, 0.6) is 0 Å². The number of amides is 1. The highest BCUT2D eigenvalue weighted by Crippen LogP contribution is 2.15. The molecule has 110 valence electrons. The molecule has 6 heteroatoms. The van der Waals surface area contributed by atoms with Gasteiger partial charge in [0.2, 0.25) is 5.91 Å². The van der Waals surface area contributed by atoms with Gasteiger partial charge in [0.15, 0.2) is 11.6 Å². The van der Waals surface area contributed by atoms with Gasteiger partial charge in [-0.15, -0.1) is 0 Å². The van der Waals surface area contributed by atoms with E-state index in [-0.39, 0.29) is 11.6 Å². The number of halogens is 3. The molecule has 0 aromatic heterocycles. The number of rotatable bonds is 4. The van der Waals surface area contributed by atoms with Crippen LogP contribution in [0.3, 0.4) is 0 Å². The second-order valence-corrected chi connectivity index (χ2v) is 5.74. The van der Waals surface area contributed by atoms with Crippen LogP contribution in [-0.2, 0) is 4.79 Å². The molecule has 0 heterocycles. The van der Waals surface area contributed by atoms with Crippen molar-refractivity contribution in [2.24, 2.45) is 0 Å². The van der Waals surface area contributed by atoms with E-state index in [1.54, 1.807) is 6.92 Å². The van der Waals surface area contributed by atoms with Crippen molar-refractivity contribution in [1.82, 2.24) is 0 Å². The van der Waals surface area contributed by atoms with E-state index in [2.05, 4.69) is 33.2 Å². The van der Waals surface area contributed by atoms with E-state index in [0.29, 0.717) is 0 Å². The van der Waals surface area contributed by atoms with Crippen LogP contribution in [0.25, 0.3) is 0 Å². The Morgan fingerprint density at radius 3 is 2.29 bits per heavy atom. The summed E-state index contributed by atoms with van der Waals surface area (Å²) < 4.78 is 27.0. The lowest BCUT2D eigenvalue weighted by atomic mass is 10.2. The molecule has 2 rings (SSSR count). The van der Waals surface area contributed by atoms with Crippen molar-refractivity contribution >= 4 is 39.9 Å². The van der Waals surface area contributed by atoms with Crippen molar-refractivity contribution in [3.8, 4) is 0 Å². The maximum atomic E-state index is 13.1. The predicted octanol–water partition coefficient (Wildman–Crippen LogP) is 4.01. The van der Waals surface area contributed by atoms with Crippen molar-refractivity contribution in [2.45, 2.75) is 13.0 Å². The molecule has 0 aliphatic heterocycles. The molecular formula is C15H13F2IN2O. The standard InChI is InChI=1S/C15H13F2IN2O/c1-9(19-11-4-2-10(18)3-5-11)15(21)20-12-6-7-13(16)14(17)8-12/h2-9,19H,1H3,(H,20,21)/t9-/m1/s1. The van der Waals surface area contributed by atoms with E-state index in [4.69, 9.17) is 0 Å². The molecule has 2 aromatic carbocycles. The van der Waals surface area contributed by atoms with Crippen molar-refractivity contribution in [3.63, 3.8) is 0 Å². The zero-order chi connectivity index (χ0) is 15.4. The van der Waals surface area contributed by atoms with Crippen LogP contribution < -0.4 is 10.6 Å². The highest BCUT2D eigenvalue weighted by molar-refractivity contribution is 14.1. The number of nitrogens with one attached hydrogen (secondary N) is 2. The van der Waals surface area contributed by atoms with Crippen LogP contribution in [0.15, 0.2) is 42.5 Å². The lowest BCUT2D eigenvalue weighted by molar-refractivity contribution is -0.116. The highest BCUT2D eigenvalue weighted by atomic mass is 127. The van der Waals surface area contributed by atoms with Crippen LogP contribution in [-0.4, -0.2) is 11.9 Å². The maximum absolute atomic E-state index is 13.1. The molecule has 1 atom stereocenters. The van der Waals surface area contributed by atoms with Gasteiger partial charge in [-0.2, -0.15) is 0 Å². The van der Waals surface area contributed by atoms with Crippen molar-refractivity contribution < 1.29 is 13.6 Å². The first kappa shape index (κ1) is 15.7. The fourth-order valence-corrected chi connectivity index (χ4v) is 2.05. The number of hydrogen-bond acceptors (Lipinski definition) is 2. The van der Waals surface area contributed by atoms with E-state index >= 15 is 0 Å². The lowest BCUT2D eigenvalue weighted by Gasteiger charge is -2.15. The molecule has 0 spiro atoms. The Balaban J connectivity index is 1.98. The van der Waals surface area contributed by atoms with Crippen molar-refractivity contribution in [3.05, 3.63) is 57.7 Å². The Morgan fingerprint density at radius 1 is 1.05 bits per heavy atom. The minimum Gasteiger partial charge on any atom is -0.374 e. The zero-order valence-corrected chi connectivity index (χ0v) is 13.3. The van der Waals surface area contributed by atoms with Gasteiger partial charge in [-0.25, -0.2) is 8.78 Å². The molecule has 2 aromatic rings. The molecule has 21 heavy (non-hydrogen) atoms. The van der Waals surface area contributed by atoms with Gasteiger partial charge in [0.1, 0.15) is 6.04 Å². The smallest absolute Gasteiger partial charge is 0.246 e. The SMILES string of the molecule is C[C@@H](Nc1ccc(I)cc1)C(=O)Nc1ccc(F)c(F)c1. The molecule has 0 unspecified atom stereocenters. The summed E-state index contributed by atoms with van der Waals surface area (Å²) in [6, 6.07) is 10.3. The van der Waals surface area contributed by atoms with Crippen LogP contribution in [0, 0.1) is 15.2 Å². The summed E-state index contributed by atoms with van der Waals surface area (Å²) in [5.41, 5.74) is 1.03. The van der Waals surface area contributed by atoms with E-state index < -0.39 is 17.7 Å². The Kier molecular flexibility index (Phi) is 5.11. The third kappa shape index (κ3) is 4.38. The molecule has 0 fully saturated rings. The number of anilines is 2. The Hall–Kier alpha value is -1.70. The van der Waals surface area contributed by atoms with Crippen LogP contribution in [0.4, 0.5) is 20.2 Å².